The summed E-state index contributed by atoms with van der Waals surface area (Å²) >= 11 is 0.932. The lowest BCUT2D eigenvalue weighted by Crippen LogP contribution is -2.27. The van der Waals surface area contributed by atoms with E-state index in [0.29, 0.717) is 16.2 Å². The Kier molecular flexibility index (Phi) is 5.76. The van der Waals surface area contributed by atoms with Crippen LogP contribution in [0.15, 0.2) is 59.5 Å². The van der Waals surface area contributed by atoms with E-state index < -0.39 is 0 Å². The zero-order valence-corrected chi connectivity index (χ0v) is 19.0. The number of carbonyl (C=O) groups is 3. The number of methoxy groups -OCH3 is 1. The summed E-state index contributed by atoms with van der Waals surface area (Å²) in [5, 5.41) is -0.317. The number of benzene rings is 2. The summed E-state index contributed by atoms with van der Waals surface area (Å²) < 4.78 is 6.93. The number of hydrogen-bond donors (Lipinski definition) is 0. The molecule has 0 unspecified atom stereocenters. The Morgan fingerprint density at radius 1 is 1.00 bits per heavy atom. The highest BCUT2D eigenvalue weighted by Gasteiger charge is 2.36. The minimum atomic E-state index is -0.387. The monoisotopic (exact) mass is 446 g/mol. The van der Waals surface area contributed by atoms with Crippen LogP contribution >= 0.6 is 11.8 Å². The molecular weight excluding hydrogens is 424 g/mol. The molecule has 1 aromatic heterocycles. The topological polar surface area (TPSA) is 68.6 Å². The predicted molar refractivity (Wildman–Crippen MR) is 126 cm³/mol. The molecule has 3 aromatic rings. The van der Waals surface area contributed by atoms with Gasteiger partial charge in [-0.05, 0) is 80.1 Å². The molecular formula is C25H22N2O4S. The molecule has 1 fully saturated rings. The summed E-state index contributed by atoms with van der Waals surface area (Å²) in [4.78, 5) is 39.2. The highest BCUT2D eigenvalue weighted by Crippen LogP contribution is 2.36. The van der Waals surface area contributed by atoms with Gasteiger partial charge in [0.2, 0.25) is 0 Å². The first-order valence-electron chi connectivity index (χ1n) is 10.0. The fourth-order valence-corrected chi connectivity index (χ4v) is 4.74. The molecule has 4 rings (SSSR count). The second-order valence-corrected chi connectivity index (χ2v) is 8.45. The van der Waals surface area contributed by atoms with E-state index in [4.69, 9.17) is 4.74 Å². The molecule has 0 atom stereocenters. The van der Waals surface area contributed by atoms with Crippen molar-refractivity contribution in [2.45, 2.75) is 20.8 Å². The molecule has 1 saturated heterocycles. The SMILES string of the molecule is COC(=O)c1cccc(-n2c(C)cc(/C=C3/SC(=O)N(c4ccccc4)C3=O)c2C)c1C. The molecule has 2 amide bonds. The molecule has 0 radical (unpaired) electrons. The Hall–Kier alpha value is -3.58. The van der Waals surface area contributed by atoms with Crippen LogP contribution in [0.5, 0.6) is 0 Å². The van der Waals surface area contributed by atoms with Crippen LogP contribution in [0.2, 0.25) is 0 Å². The van der Waals surface area contributed by atoms with Gasteiger partial charge in [0.15, 0.2) is 0 Å². The molecule has 0 saturated carbocycles. The summed E-state index contributed by atoms with van der Waals surface area (Å²) in [5.41, 5.74) is 5.41. The maximum absolute atomic E-state index is 13.0. The largest absolute Gasteiger partial charge is 0.465 e. The van der Waals surface area contributed by atoms with Crippen LogP contribution in [0.3, 0.4) is 0 Å². The third-order valence-electron chi connectivity index (χ3n) is 5.52. The van der Waals surface area contributed by atoms with Crippen molar-refractivity contribution in [3.05, 3.63) is 87.6 Å². The molecule has 0 aliphatic carbocycles. The van der Waals surface area contributed by atoms with Gasteiger partial charge in [-0.25, -0.2) is 9.69 Å². The van der Waals surface area contributed by atoms with Gasteiger partial charge in [-0.3, -0.25) is 9.59 Å². The summed E-state index contributed by atoms with van der Waals surface area (Å²) in [5.74, 6) is -0.721. The lowest BCUT2D eigenvalue weighted by Gasteiger charge is -2.15. The van der Waals surface area contributed by atoms with Crippen molar-refractivity contribution in [1.82, 2.24) is 4.57 Å². The fourth-order valence-electron chi connectivity index (χ4n) is 3.91. The van der Waals surface area contributed by atoms with E-state index in [2.05, 4.69) is 0 Å². The van der Waals surface area contributed by atoms with Crippen LogP contribution in [0.25, 0.3) is 11.8 Å². The van der Waals surface area contributed by atoms with E-state index in [9.17, 15) is 14.4 Å². The molecule has 32 heavy (non-hydrogen) atoms. The molecule has 0 spiro atoms. The van der Waals surface area contributed by atoms with Crippen LogP contribution in [0, 0.1) is 20.8 Å². The van der Waals surface area contributed by atoms with Gasteiger partial charge in [0.1, 0.15) is 0 Å². The normalized spacial score (nSPS) is 15.0. The van der Waals surface area contributed by atoms with Gasteiger partial charge in [0.25, 0.3) is 11.1 Å². The molecule has 1 aliphatic heterocycles. The van der Waals surface area contributed by atoms with Crippen LogP contribution in [0.4, 0.5) is 10.5 Å². The number of carbonyl (C=O) groups excluding carboxylic acids is 3. The maximum Gasteiger partial charge on any atom is 0.338 e. The Labute approximate surface area is 190 Å². The number of rotatable bonds is 4. The van der Waals surface area contributed by atoms with Crippen molar-refractivity contribution in [1.29, 1.82) is 0 Å². The molecule has 0 bridgehead atoms. The highest BCUT2D eigenvalue weighted by atomic mass is 32.2. The minimum Gasteiger partial charge on any atom is -0.465 e. The second kappa shape index (κ2) is 8.51. The molecule has 1 aliphatic rings. The average molecular weight is 447 g/mol. The van der Waals surface area contributed by atoms with Crippen LogP contribution in [-0.4, -0.2) is 28.8 Å². The summed E-state index contributed by atoms with van der Waals surface area (Å²) in [6.45, 7) is 5.79. The zero-order valence-electron chi connectivity index (χ0n) is 18.2. The number of amides is 2. The smallest absolute Gasteiger partial charge is 0.338 e. The van der Waals surface area contributed by atoms with E-state index >= 15 is 0 Å². The first-order valence-corrected chi connectivity index (χ1v) is 10.9. The first-order chi connectivity index (χ1) is 15.3. The minimum absolute atomic E-state index is 0.317. The number of aromatic nitrogens is 1. The third kappa shape index (κ3) is 3.65. The quantitative estimate of drug-likeness (QED) is 0.395. The molecule has 2 aromatic carbocycles. The average Bonchev–Trinajstić information content (AvgIpc) is 3.22. The summed E-state index contributed by atoms with van der Waals surface area (Å²) in [6, 6.07) is 16.4. The van der Waals surface area contributed by atoms with Crippen molar-refractivity contribution in [3.63, 3.8) is 0 Å². The van der Waals surface area contributed by atoms with E-state index in [1.807, 2.05) is 49.6 Å². The number of anilines is 1. The molecule has 162 valence electrons. The van der Waals surface area contributed by atoms with Gasteiger partial charge in [-0.15, -0.1) is 0 Å². The Balaban J connectivity index is 1.74. The summed E-state index contributed by atoms with van der Waals surface area (Å²) in [7, 11) is 1.36. The number of para-hydroxylation sites is 1. The van der Waals surface area contributed by atoms with Crippen LogP contribution in [-0.2, 0) is 9.53 Å². The van der Waals surface area contributed by atoms with Crippen molar-refractivity contribution in [2.24, 2.45) is 0 Å². The van der Waals surface area contributed by atoms with E-state index in [0.717, 1.165) is 40.0 Å². The van der Waals surface area contributed by atoms with Gasteiger partial charge < -0.3 is 9.30 Å². The standard InChI is InChI=1S/C25H22N2O4S/c1-15-13-18(14-22-23(28)27(25(30)32-22)19-9-6-5-7-10-19)17(3)26(15)21-12-8-11-20(16(21)2)24(29)31-4/h5-14H,1-4H3/b22-14+. The fraction of sp³-hybridized carbons (Fsp3) is 0.160. The Morgan fingerprint density at radius 2 is 1.72 bits per heavy atom. The molecule has 6 nitrogen and oxygen atoms in total. The van der Waals surface area contributed by atoms with Crippen molar-refractivity contribution >= 4 is 40.6 Å². The van der Waals surface area contributed by atoms with E-state index in [1.165, 1.54) is 12.0 Å². The number of imide groups is 1. The van der Waals surface area contributed by atoms with Gasteiger partial charge in [-0.1, -0.05) is 24.3 Å². The Morgan fingerprint density at radius 3 is 2.41 bits per heavy atom. The number of hydrogen-bond acceptors (Lipinski definition) is 5. The van der Waals surface area contributed by atoms with E-state index in [-0.39, 0.29) is 17.1 Å². The van der Waals surface area contributed by atoms with Crippen LogP contribution in [0.1, 0.15) is 32.9 Å². The highest BCUT2D eigenvalue weighted by molar-refractivity contribution is 8.19. The molecule has 7 heteroatoms. The zero-order chi connectivity index (χ0) is 23.0. The van der Waals surface area contributed by atoms with Gasteiger partial charge >= 0.3 is 5.97 Å². The summed E-state index contributed by atoms with van der Waals surface area (Å²) in [6.07, 6.45) is 1.76. The number of thioether (sulfide) groups is 1. The Bertz CT molecular complexity index is 1270. The third-order valence-corrected chi connectivity index (χ3v) is 6.39. The molecule has 0 N–H and O–H groups in total. The van der Waals surface area contributed by atoms with Gasteiger partial charge in [-0.2, -0.15) is 0 Å². The number of esters is 1. The number of nitrogens with zero attached hydrogens (tertiary/aromatic N) is 2. The number of ether oxygens (including phenoxy) is 1. The molecule has 2 heterocycles. The lowest BCUT2D eigenvalue weighted by molar-refractivity contribution is -0.113. The van der Waals surface area contributed by atoms with Crippen LogP contribution < -0.4 is 4.90 Å². The predicted octanol–water partition coefficient (Wildman–Crippen LogP) is 5.43. The lowest BCUT2D eigenvalue weighted by atomic mass is 10.1. The van der Waals surface area contributed by atoms with Crippen molar-refractivity contribution < 1.29 is 19.1 Å². The first kappa shape index (κ1) is 21.6. The second-order valence-electron chi connectivity index (χ2n) is 7.46. The maximum atomic E-state index is 13.0. The van der Waals surface area contributed by atoms with Crippen molar-refractivity contribution in [3.8, 4) is 5.69 Å². The number of aryl methyl sites for hydroxylation is 1. The van der Waals surface area contributed by atoms with E-state index in [1.54, 1.807) is 36.4 Å². The van der Waals surface area contributed by atoms with Crippen molar-refractivity contribution in [2.75, 3.05) is 12.0 Å². The van der Waals surface area contributed by atoms with Gasteiger partial charge in [0.05, 0.1) is 23.3 Å². The van der Waals surface area contributed by atoms with Gasteiger partial charge in [0, 0.05) is 17.1 Å².